The Balaban J connectivity index is 2.05. The maximum atomic E-state index is 12.7. The summed E-state index contributed by atoms with van der Waals surface area (Å²) >= 11 is 6.13. The lowest BCUT2D eigenvalue weighted by Gasteiger charge is -2.12. The van der Waals surface area contributed by atoms with Gasteiger partial charge in [0.1, 0.15) is 4.90 Å². The van der Waals surface area contributed by atoms with E-state index >= 15 is 0 Å². The van der Waals surface area contributed by atoms with Gasteiger partial charge in [0.15, 0.2) is 0 Å². The maximum absolute atomic E-state index is 12.7. The molecule has 2 aromatic carbocycles. The number of para-hydroxylation sites is 1. The highest BCUT2D eigenvalue weighted by atomic mass is 35.5. The first-order chi connectivity index (χ1) is 11.9. The fourth-order valence-corrected chi connectivity index (χ4v) is 3.95. The predicted molar refractivity (Wildman–Crippen MR) is 98.9 cm³/mol. The highest BCUT2D eigenvalue weighted by Crippen LogP contribution is 2.30. The smallest absolute Gasteiger partial charge is 0.263 e. The summed E-state index contributed by atoms with van der Waals surface area (Å²) in [5.74, 6) is 0.161. The molecular formula is C17H15ClN4O2S. The first-order valence-corrected chi connectivity index (χ1v) is 9.20. The van der Waals surface area contributed by atoms with Crippen molar-refractivity contribution in [3.8, 4) is 11.1 Å². The first kappa shape index (κ1) is 17.2. The number of hydrogen-bond acceptors (Lipinski definition) is 5. The standard InChI is InChI=1S/C17H15ClN4O2S/c1-11-14(10-20-17(19)21-11)12-7-8-15(18)16(9-12)25(23,24)22-13-5-3-2-4-6-13/h2-10,22H,1H3,(H2,19,20,21). The number of nitrogens with one attached hydrogen (secondary N) is 1. The highest BCUT2D eigenvalue weighted by molar-refractivity contribution is 7.92. The van der Waals surface area contributed by atoms with Crippen LogP contribution in [0.15, 0.2) is 59.6 Å². The molecule has 3 N–H and O–H groups in total. The minimum atomic E-state index is -3.84. The van der Waals surface area contributed by atoms with E-state index < -0.39 is 10.0 Å². The molecule has 0 atom stereocenters. The Morgan fingerprint density at radius 1 is 1.12 bits per heavy atom. The molecule has 3 aromatic rings. The summed E-state index contributed by atoms with van der Waals surface area (Å²) in [6, 6.07) is 13.3. The Labute approximate surface area is 150 Å². The molecule has 0 spiro atoms. The van der Waals surface area contributed by atoms with Crippen molar-refractivity contribution in [1.29, 1.82) is 0 Å². The quantitative estimate of drug-likeness (QED) is 0.728. The average Bonchev–Trinajstić information content (AvgIpc) is 2.56. The molecule has 0 saturated heterocycles. The average molecular weight is 375 g/mol. The van der Waals surface area contributed by atoms with E-state index in [1.54, 1.807) is 49.5 Å². The molecule has 0 aliphatic rings. The molecule has 6 nitrogen and oxygen atoms in total. The van der Waals surface area contributed by atoms with Gasteiger partial charge in [0.05, 0.1) is 10.7 Å². The van der Waals surface area contributed by atoms with E-state index in [-0.39, 0.29) is 15.9 Å². The van der Waals surface area contributed by atoms with Crippen LogP contribution in [0.2, 0.25) is 5.02 Å². The van der Waals surface area contributed by atoms with Crippen LogP contribution in [0.4, 0.5) is 11.6 Å². The number of halogens is 1. The van der Waals surface area contributed by atoms with Crippen LogP contribution in [0.25, 0.3) is 11.1 Å². The number of hydrogen-bond donors (Lipinski definition) is 2. The van der Waals surface area contributed by atoms with Crippen LogP contribution >= 0.6 is 11.6 Å². The number of sulfonamides is 1. The molecule has 1 heterocycles. The van der Waals surface area contributed by atoms with Crippen molar-refractivity contribution in [2.45, 2.75) is 11.8 Å². The molecule has 8 heteroatoms. The van der Waals surface area contributed by atoms with E-state index in [0.717, 1.165) is 0 Å². The first-order valence-electron chi connectivity index (χ1n) is 7.34. The number of nitrogens with zero attached hydrogens (tertiary/aromatic N) is 2. The molecular weight excluding hydrogens is 360 g/mol. The van der Waals surface area contributed by atoms with Crippen LogP contribution in [0.3, 0.4) is 0 Å². The molecule has 0 bridgehead atoms. The van der Waals surface area contributed by atoms with Crippen molar-refractivity contribution in [2.75, 3.05) is 10.5 Å². The molecule has 128 valence electrons. The summed E-state index contributed by atoms with van der Waals surface area (Å²) < 4.78 is 27.9. The summed E-state index contributed by atoms with van der Waals surface area (Å²) in [4.78, 5) is 8.05. The number of nitrogen functional groups attached to an aromatic ring is 1. The van der Waals surface area contributed by atoms with Gasteiger partial charge in [-0.05, 0) is 36.8 Å². The molecule has 0 radical (unpaired) electrons. The van der Waals surface area contributed by atoms with Crippen molar-refractivity contribution in [3.05, 3.63) is 65.4 Å². The second kappa shape index (κ2) is 6.70. The van der Waals surface area contributed by atoms with Gasteiger partial charge >= 0.3 is 0 Å². The van der Waals surface area contributed by atoms with Crippen molar-refractivity contribution >= 4 is 33.3 Å². The summed E-state index contributed by atoms with van der Waals surface area (Å²) in [6.07, 6.45) is 1.56. The van der Waals surface area contributed by atoms with Gasteiger partial charge in [0.2, 0.25) is 5.95 Å². The normalized spacial score (nSPS) is 11.3. The Morgan fingerprint density at radius 2 is 1.84 bits per heavy atom. The lowest BCUT2D eigenvalue weighted by atomic mass is 10.1. The molecule has 0 fully saturated rings. The SMILES string of the molecule is Cc1nc(N)ncc1-c1ccc(Cl)c(S(=O)(=O)Nc2ccccc2)c1. The van der Waals surface area contributed by atoms with Gasteiger partial charge < -0.3 is 5.73 Å². The van der Waals surface area contributed by atoms with Crippen LogP contribution < -0.4 is 10.5 Å². The Morgan fingerprint density at radius 3 is 2.52 bits per heavy atom. The largest absolute Gasteiger partial charge is 0.368 e. The Bertz CT molecular complexity index is 1020. The number of anilines is 2. The zero-order valence-corrected chi connectivity index (χ0v) is 14.8. The second-order valence-electron chi connectivity index (χ2n) is 5.34. The van der Waals surface area contributed by atoms with Crippen molar-refractivity contribution in [2.24, 2.45) is 0 Å². The molecule has 3 rings (SSSR count). The summed E-state index contributed by atoms with van der Waals surface area (Å²) in [6.45, 7) is 1.78. The van der Waals surface area contributed by atoms with Crippen LogP contribution in [-0.2, 0) is 10.0 Å². The van der Waals surface area contributed by atoms with Crippen LogP contribution in [0, 0.1) is 6.92 Å². The zero-order chi connectivity index (χ0) is 18.0. The molecule has 0 amide bonds. The maximum Gasteiger partial charge on any atom is 0.263 e. The summed E-state index contributed by atoms with van der Waals surface area (Å²) in [5, 5.41) is 0.126. The van der Waals surface area contributed by atoms with E-state index in [1.165, 1.54) is 12.1 Å². The minimum Gasteiger partial charge on any atom is -0.368 e. The second-order valence-corrected chi connectivity index (χ2v) is 7.40. The van der Waals surface area contributed by atoms with E-state index in [0.29, 0.717) is 22.5 Å². The number of nitrogens with two attached hydrogens (primary N) is 1. The Kier molecular flexibility index (Phi) is 4.61. The van der Waals surface area contributed by atoms with Gasteiger partial charge in [-0.15, -0.1) is 0 Å². The van der Waals surface area contributed by atoms with Crippen molar-refractivity contribution in [1.82, 2.24) is 9.97 Å². The van der Waals surface area contributed by atoms with Crippen molar-refractivity contribution in [3.63, 3.8) is 0 Å². The summed E-state index contributed by atoms with van der Waals surface area (Å²) in [7, 11) is -3.84. The Hall–Kier alpha value is -2.64. The third kappa shape index (κ3) is 3.72. The third-order valence-electron chi connectivity index (χ3n) is 3.56. The van der Waals surface area contributed by atoms with Crippen LogP contribution in [0.5, 0.6) is 0 Å². The number of aryl methyl sites for hydroxylation is 1. The van der Waals surface area contributed by atoms with Gasteiger partial charge in [0, 0.05) is 17.4 Å². The van der Waals surface area contributed by atoms with Crippen LogP contribution in [0.1, 0.15) is 5.69 Å². The fraction of sp³-hybridized carbons (Fsp3) is 0.0588. The van der Waals surface area contributed by atoms with E-state index in [4.69, 9.17) is 17.3 Å². The third-order valence-corrected chi connectivity index (χ3v) is 5.42. The van der Waals surface area contributed by atoms with E-state index in [1.807, 2.05) is 0 Å². The fourth-order valence-electron chi connectivity index (χ4n) is 2.36. The topological polar surface area (TPSA) is 98.0 Å². The molecule has 0 saturated carbocycles. The van der Waals surface area contributed by atoms with Gasteiger partial charge in [-0.1, -0.05) is 35.9 Å². The van der Waals surface area contributed by atoms with E-state index in [2.05, 4.69) is 14.7 Å². The lowest BCUT2D eigenvalue weighted by Crippen LogP contribution is -2.13. The molecule has 0 aliphatic carbocycles. The van der Waals surface area contributed by atoms with E-state index in [9.17, 15) is 8.42 Å². The zero-order valence-electron chi connectivity index (χ0n) is 13.3. The predicted octanol–water partition coefficient (Wildman–Crippen LogP) is 3.49. The number of aromatic nitrogens is 2. The molecule has 25 heavy (non-hydrogen) atoms. The highest BCUT2D eigenvalue weighted by Gasteiger charge is 2.19. The lowest BCUT2D eigenvalue weighted by molar-refractivity contribution is 0.601. The van der Waals surface area contributed by atoms with Crippen molar-refractivity contribution < 1.29 is 8.42 Å². The minimum absolute atomic E-state index is 0.0215. The molecule has 0 unspecified atom stereocenters. The van der Waals surface area contributed by atoms with Crippen LogP contribution in [-0.4, -0.2) is 18.4 Å². The monoisotopic (exact) mass is 374 g/mol. The van der Waals surface area contributed by atoms with Gasteiger partial charge in [0.25, 0.3) is 10.0 Å². The molecule has 1 aromatic heterocycles. The van der Waals surface area contributed by atoms with Gasteiger partial charge in [-0.25, -0.2) is 18.4 Å². The number of benzene rings is 2. The molecule has 0 aliphatic heterocycles. The summed E-state index contributed by atoms with van der Waals surface area (Å²) in [5.41, 5.74) is 7.98. The van der Waals surface area contributed by atoms with Gasteiger partial charge in [-0.3, -0.25) is 4.72 Å². The number of rotatable bonds is 4. The van der Waals surface area contributed by atoms with Gasteiger partial charge in [-0.2, -0.15) is 0 Å².